The standard InChI is InChI=1S/C73H134O17P2/c1-5-9-13-17-21-25-29-30-31-32-33-34-35-36-40-42-46-50-54-58-71(76)84-64-69(90-73(78)60-56-52-48-44-39-28-24-20-16-12-8-4)66-88-92(81,82)86-62-67(74)61-85-91(79,80)87-65-68(89-72(77)59-55-51-47-43-38-27-23-19-15-11-7-3)63-83-70(75)57-53-49-45-41-37-26-22-18-14-10-6-2/h20-21,24-25,30-31,33-34,67-69,74H,5-19,22-23,26-29,32,35-66H2,1-4H3,(H,79,80)(H,81,82)/b24-20-,25-21-,31-30-,34-33-. The molecule has 92 heavy (non-hydrogen) atoms. The van der Waals surface area contributed by atoms with Crippen molar-refractivity contribution in [3.8, 4) is 0 Å². The maximum atomic E-state index is 13.0. The van der Waals surface area contributed by atoms with Gasteiger partial charge in [0.25, 0.3) is 0 Å². The summed E-state index contributed by atoms with van der Waals surface area (Å²) in [6.45, 7) is 4.80. The average Bonchev–Trinajstić information content (AvgIpc) is 2.12. The van der Waals surface area contributed by atoms with Gasteiger partial charge in [0.05, 0.1) is 26.4 Å². The van der Waals surface area contributed by atoms with Crippen molar-refractivity contribution < 1.29 is 80.2 Å². The zero-order valence-corrected chi connectivity index (χ0v) is 60.3. The number of hydrogen-bond donors (Lipinski definition) is 3. The van der Waals surface area contributed by atoms with Crippen molar-refractivity contribution in [1.29, 1.82) is 0 Å². The van der Waals surface area contributed by atoms with Gasteiger partial charge in [-0.25, -0.2) is 9.13 Å². The Hall–Kier alpha value is -2.98. The predicted octanol–water partition coefficient (Wildman–Crippen LogP) is 20.6. The molecule has 19 heteroatoms. The van der Waals surface area contributed by atoms with E-state index in [0.29, 0.717) is 25.7 Å². The van der Waals surface area contributed by atoms with E-state index in [2.05, 4.69) is 76.3 Å². The second kappa shape index (κ2) is 66.6. The summed E-state index contributed by atoms with van der Waals surface area (Å²) >= 11 is 0. The molecule has 3 N–H and O–H groups in total. The molecule has 0 aliphatic rings. The van der Waals surface area contributed by atoms with Crippen molar-refractivity contribution >= 4 is 39.5 Å². The monoisotopic (exact) mass is 1340 g/mol. The Labute approximate surface area is 559 Å². The van der Waals surface area contributed by atoms with Crippen LogP contribution in [0.5, 0.6) is 0 Å². The minimum Gasteiger partial charge on any atom is -0.462 e. The first-order valence-corrected chi connectivity index (χ1v) is 39.9. The molecule has 0 amide bonds. The number of hydrogen-bond acceptors (Lipinski definition) is 15. The normalized spacial score (nSPS) is 14.3. The predicted molar refractivity (Wildman–Crippen MR) is 372 cm³/mol. The van der Waals surface area contributed by atoms with Gasteiger partial charge < -0.3 is 33.8 Å². The van der Waals surface area contributed by atoms with Gasteiger partial charge in [-0.1, -0.05) is 275 Å². The lowest BCUT2D eigenvalue weighted by Crippen LogP contribution is -2.30. The van der Waals surface area contributed by atoms with Crippen LogP contribution in [0.25, 0.3) is 0 Å². The number of allylic oxidation sites excluding steroid dienone is 8. The number of rotatable bonds is 70. The van der Waals surface area contributed by atoms with E-state index in [1.807, 2.05) is 0 Å². The highest BCUT2D eigenvalue weighted by atomic mass is 31.2. The highest BCUT2D eigenvalue weighted by Gasteiger charge is 2.30. The van der Waals surface area contributed by atoms with Crippen LogP contribution in [0.3, 0.4) is 0 Å². The summed E-state index contributed by atoms with van der Waals surface area (Å²) in [7, 11) is -9.92. The summed E-state index contributed by atoms with van der Waals surface area (Å²) in [5.74, 6) is -2.17. The largest absolute Gasteiger partial charge is 0.472 e. The number of unbranched alkanes of at least 4 members (excludes halogenated alkanes) is 36. The van der Waals surface area contributed by atoms with E-state index < -0.39 is 97.5 Å². The fourth-order valence-electron chi connectivity index (χ4n) is 10.1. The Balaban J connectivity index is 5.24. The van der Waals surface area contributed by atoms with Crippen LogP contribution in [-0.4, -0.2) is 96.7 Å². The lowest BCUT2D eigenvalue weighted by molar-refractivity contribution is -0.161. The molecule has 0 aromatic carbocycles. The van der Waals surface area contributed by atoms with Crippen LogP contribution < -0.4 is 0 Å². The molecule has 0 rings (SSSR count). The number of esters is 4. The Morgan fingerprint density at radius 3 is 0.880 bits per heavy atom. The molecule has 0 aliphatic carbocycles. The summed E-state index contributed by atoms with van der Waals surface area (Å²) in [4.78, 5) is 72.5. The van der Waals surface area contributed by atoms with E-state index in [1.54, 1.807) is 0 Å². The first kappa shape index (κ1) is 89.0. The maximum absolute atomic E-state index is 13.0. The van der Waals surface area contributed by atoms with Crippen LogP contribution in [0.1, 0.15) is 336 Å². The van der Waals surface area contributed by atoms with Crippen molar-refractivity contribution in [2.75, 3.05) is 39.6 Å². The molecule has 5 unspecified atom stereocenters. The molecule has 0 spiro atoms. The molecule has 0 fully saturated rings. The second-order valence-electron chi connectivity index (χ2n) is 24.9. The number of aliphatic hydroxyl groups is 1. The summed E-state index contributed by atoms with van der Waals surface area (Å²) < 4.78 is 68.2. The van der Waals surface area contributed by atoms with Gasteiger partial charge >= 0.3 is 39.5 Å². The lowest BCUT2D eigenvalue weighted by atomic mass is 10.1. The molecule has 0 radical (unpaired) electrons. The number of carbonyl (C=O) groups excluding carboxylic acids is 4. The van der Waals surface area contributed by atoms with E-state index in [1.165, 1.54) is 116 Å². The van der Waals surface area contributed by atoms with Crippen molar-refractivity contribution in [1.82, 2.24) is 0 Å². The highest BCUT2D eigenvalue weighted by molar-refractivity contribution is 7.47. The van der Waals surface area contributed by atoms with Crippen LogP contribution >= 0.6 is 15.6 Å². The highest BCUT2D eigenvalue weighted by Crippen LogP contribution is 2.45. The van der Waals surface area contributed by atoms with E-state index in [9.17, 15) is 43.2 Å². The van der Waals surface area contributed by atoms with Gasteiger partial charge in [0.1, 0.15) is 19.3 Å². The number of carbonyl (C=O) groups is 4. The van der Waals surface area contributed by atoms with Gasteiger partial charge in [0.2, 0.25) is 0 Å². The minimum atomic E-state index is -4.96. The van der Waals surface area contributed by atoms with Crippen molar-refractivity contribution in [2.45, 2.75) is 354 Å². The molecule has 0 aliphatic heterocycles. The quantitative estimate of drug-likeness (QED) is 0.0169. The van der Waals surface area contributed by atoms with E-state index in [0.717, 1.165) is 141 Å². The van der Waals surface area contributed by atoms with Crippen molar-refractivity contribution in [3.63, 3.8) is 0 Å². The van der Waals surface area contributed by atoms with E-state index >= 15 is 0 Å². The minimum absolute atomic E-state index is 0.0858. The molecular weight excluding hydrogens is 1210 g/mol. The summed E-state index contributed by atoms with van der Waals surface area (Å²) in [6, 6.07) is 0. The number of phosphoric acid groups is 2. The molecule has 0 aromatic rings. The first-order chi connectivity index (χ1) is 44.7. The Bertz CT molecular complexity index is 1940. The van der Waals surface area contributed by atoms with Crippen LogP contribution in [-0.2, 0) is 65.4 Å². The van der Waals surface area contributed by atoms with Crippen LogP contribution in [0.4, 0.5) is 0 Å². The summed E-state index contributed by atoms with van der Waals surface area (Å²) in [5, 5.41) is 10.6. The molecule has 0 heterocycles. The summed E-state index contributed by atoms with van der Waals surface area (Å²) in [6.07, 6.45) is 61.2. The number of aliphatic hydroxyl groups excluding tert-OH is 1. The number of phosphoric ester groups is 2. The third-order valence-corrected chi connectivity index (χ3v) is 17.7. The maximum Gasteiger partial charge on any atom is 0.472 e. The molecule has 0 saturated carbocycles. The molecule has 538 valence electrons. The Morgan fingerprint density at radius 2 is 0.543 bits per heavy atom. The fraction of sp³-hybridized carbons (Fsp3) is 0.836. The van der Waals surface area contributed by atoms with Gasteiger partial charge in [0, 0.05) is 25.7 Å². The fourth-order valence-corrected chi connectivity index (χ4v) is 11.7. The van der Waals surface area contributed by atoms with Crippen molar-refractivity contribution in [2.24, 2.45) is 0 Å². The third kappa shape index (κ3) is 65.7. The van der Waals surface area contributed by atoms with Gasteiger partial charge in [-0.05, 0) is 83.5 Å². The van der Waals surface area contributed by atoms with Crippen LogP contribution in [0, 0.1) is 0 Å². The van der Waals surface area contributed by atoms with E-state index in [4.69, 9.17) is 37.0 Å². The van der Waals surface area contributed by atoms with Gasteiger partial charge in [0.15, 0.2) is 12.2 Å². The number of ether oxygens (including phenoxy) is 4. The Morgan fingerprint density at radius 1 is 0.304 bits per heavy atom. The van der Waals surface area contributed by atoms with Gasteiger partial charge in [-0.2, -0.15) is 0 Å². The van der Waals surface area contributed by atoms with Crippen LogP contribution in [0.15, 0.2) is 48.6 Å². The Kier molecular flexibility index (Phi) is 64.5. The lowest BCUT2D eigenvalue weighted by Gasteiger charge is -2.21. The molecule has 17 nitrogen and oxygen atoms in total. The van der Waals surface area contributed by atoms with Crippen molar-refractivity contribution in [3.05, 3.63) is 48.6 Å². The third-order valence-electron chi connectivity index (χ3n) is 15.8. The second-order valence-corrected chi connectivity index (χ2v) is 27.8. The smallest absolute Gasteiger partial charge is 0.462 e. The molecule has 0 saturated heterocycles. The topological polar surface area (TPSA) is 237 Å². The zero-order valence-electron chi connectivity index (χ0n) is 58.5. The molecular formula is C73H134O17P2. The average molecular weight is 1350 g/mol. The van der Waals surface area contributed by atoms with Gasteiger partial charge in [-0.3, -0.25) is 37.3 Å². The molecule has 5 atom stereocenters. The zero-order chi connectivity index (χ0) is 67.5. The first-order valence-electron chi connectivity index (χ1n) is 36.9. The van der Waals surface area contributed by atoms with Gasteiger partial charge in [-0.15, -0.1) is 0 Å². The van der Waals surface area contributed by atoms with E-state index in [-0.39, 0.29) is 25.7 Å². The molecule has 0 aromatic heterocycles. The summed E-state index contributed by atoms with van der Waals surface area (Å²) in [5.41, 5.74) is 0. The van der Waals surface area contributed by atoms with Crippen LogP contribution in [0.2, 0.25) is 0 Å². The SMILES string of the molecule is CCCC/C=C\CCCCCCCC(=O)OC(COC(=O)CCCCCCCC/C=C\C/C=C\C/C=C\CCCCC)COP(=O)(O)OCC(O)COP(=O)(O)OCC(COC(=O)CCCCCCCCCCCCC)OC(=O)CCCCCCCCCCCCC. The molecule has 0 bridgehead atoms.